The van der Waals surface area contributed by atoms with Crippen molar-refractivity contribution < 1.29 is 9.59 Å². The van der Waals surface area contributed by atoms with Crippen molar-refractivity contribution >= 4 is 17.9 Å². The average molecular weight is 189 g/mol. The van der Waals surface area contributed by atoms with Gasteiger partial charge in [-0.05, 0) is 18.6 Å². The van der Waals surface area contributed by atoms with Gasteiger partial charge in [0, 0.05) is 12.7 Å². The van der Waals surface area contributed by atoms with Crippen LogP contribution in [0.4, 0.5) is 5.69 Å². The van der Waals surface area contributed by atoms with Crippen molar-refractivity contribution in [2.24, 2.45) is 0 Å². The summed E-state index contributed by atoms with van der Waals surface area (Å²) in [6.45, 7) is 1.95. The summed E-state index contributed by atoms with van der Waals surface area (Å²) in [5, 5.41) is 0. The third-order valence-corrected chi connectivity index (χ3v) is 2.61. The van der Waals surface area contributed by atoms with Crippen LogP contribution in [0.5, 0.6) is 0 Å². The lowest BCUT2D eigenvalue weighted by Crippen LogP contribution is -2.24. The molecule has 0 radical (unpaired) electrons. The van der Waals surface area contributed by atoms with Crippen LogP contribution in [0.1, 0.15) is 17.0 Å². The molecule has 1 aliphatic heterocycles. The highest BCUT2D eigenvalue weighted by molar-refractivity contribution is 6.12. The number of hydrogen-bond acceptors (Lipinski definition) is 2. The first kappa shape index (κ1) is 8.94. The fourth-order valence-electron chi connectivity index (χ4n) is 1.82. The van der Waals surface area contributed by atoms with Crippen molar-refractivity contribution in [3.63, 3.8) is 0 Å². The molecular formula is C11H11NO2. The molecule has 1 amide bonds. The van der Waals surface area contributed by atoms with Gasteiger partial charge >= 0.3 is 0 Å². The van der Waals surface area contributed by atoms with E-state index >= 15 is 0 Å². The molecule has 1 unspecified atom stereocenters. The lowest BCUT2D eigenvalue weighted by atomic mass is 10.0. The molecule has 2 rings (SSSR count). The lowest BCUT2D eigenvalue weighted by molar-refractivity contribution is -0.122. The quantitative estimate of drug-likeness (QED) is 0.492. The number of benzene rings is 1. The zero-order valence-corrected chi connectivity index (χ0v) is 8.15. The summed E-state index contributed by atoms with van der Waals surface area (Å²) >= 11 is 0. The Kier molecular flexibility index (Phi) is 1.88. The fourth-order valence-corrected chi connectivity index (χ4v) is 1.82. The molecule has 1 atom stereocenters. The first-order chi connectivity index (χ1) is 6.65. The van der Waals surface area contributed by atoms with Crippen LogP contribution < -0.4 is 4.90 Å². The van der Waals surface area contributed by atoms with Gasteiger partial charge in [0.15, 0.2) is 0 Å². The molecule has 0 fully saturated rings. The molecule has 1 aliphatic rings. The van der Waals surface area contributed by atoms with Crippen LogP contribution in [-0.4, -0.2) is 19.2 Å². The first-order valence-corrected chi connectivity index (χ1v) is 4.48. The predicted molar refractivity (Wildman–Crippen MR) is 53.4 cm³/mol. The van der Waals surface area contributed by atoms with Gasteiger partial charge in [0.25, 0.3) is 0 Å². The molecule has 14 heavy (non-hydrogen) atoms. The minimum absolute atomic E-state index is 0.138. The van der Waals surface area contributed by atoms with Crippen molar-refractivity contribution in [1.29, 1.82) is 0 Å². The van der Waals surface area contributed by atoms with Gasteiger partial charge in [-0.2, -0.15) is 0 Å². The molecule has 72 valence electrons. The van der Waals surface area contributed by atoms with Gasteiger partial charge in [0.05, 0.1) is 0 Å². The molecule has 0 saturated heterocycles. The summed E-state index contributed by atoms with van der Waals surface area (Å²) in [4.78, 5) is 23.9. The van der Waals surface area contributed by atoms with E-state index in [0.29, 0.717) is 6.29 Å². The number of fused-ring (bicyclic) bond motifs is 1. The summed E-state index contributed by atoms with van der Waals surface area (Å²) in [5.74, 6) is -0.740. The topological polar surface area (TPSA) is 37.4 Å². The van der Waals surface area contributed by atoms with Crippen molar-refractivity contribution in [2.75, 3.05) is 11.9 Å². The van der Waals surface area contributed by atoms with Gasteiger partial charge in [0.1, 0.15) is 12.2 Å². The van der Waals surface area contributed by atoms with Crippen LogP contribution in [0.3, 0.4) is 0 Å². The molecular weight excluding hydrogens is 178 g/mol. The van der Waals surface area contributed by atoms with E-state index in [1.54, 1.807) is 7.05 Å². The Bertz CT molecular complexity index is 412. The number of rotatable bonds is 1. The SMILES string of the molecule is Cc1ccc2c(c1)C(C=O)C(=O)N2C. The van der Waals surface area contributed by atoms with Crippen molar-refractivity contribution in [3.05, 3.63) is 29.3 Å². The van der Waals surface area contributed by atoms with E-state index in [4.69, 9.17) is 0 Å². The van der Waals surface area contributed by atoms with E-state index < -0.39 is 5.92 Å². The van der Waals surface area contributed by atoms with E-state index in [9.17, 15) is 9.59 Å². The monoisotopic (exact) mass is 189 g/mol. The summed E-state index contributed by atoms with van der Waals surface area (Å²) in [6, 6.07) is 5.72. The van der Waals surface area contributed by atoms with Gasteiger partial charge in [-0.1, -0.05) is 17.7 Å². The summed E-state index contributed by atoms with van der Waals surface area (Å²) in [5.41, 5.74) is 2.74. The summed E-state index contributed by atoms with van der Waals surface area (Å²) in [7, 11) is 1.69. The van der Waals surface area contributed by atoms with Gasteiger partial charge < -0.3 is 9.69 Å². The third kappa shape index (κ3) is 1.05. The number of aryl methyl sites for hydroxylation is 1. The minimum Gasteiger partial charge on any atom is -0.314 e. The third-order valence-electron chi connectivity index (χ3n) is 2.61. The number of carbonyl (C=O) groups excluding carboxylic acids is 2. The van der Waals surface area contributed by atoms with E-state index in [2.05, 4.69) is 0 Å². The number of hydrogen-bond donors (Lipinski definition) is 0. The van der Waals surface area contributed by atoms with Gasteiger partial charge in [-0.15, -0.1) is 0 Å². The maximum absolute atomic E-state index is 11.6. The second-order valence-corrected chi connectivity index (χ2v) is 3.57. The van der Waals surface area contributed by atoms with Gasteiger partial charge in [0.2, 0.25) is 5.91 Å². The smallest absolute Gasteiger partial charge is 0.241 e. The second kappa shape index (κ2) is 2.94. The zero-order chi connectivity index (χ0) is 10.3. The zero-order valence-electron chi connectivity index (χ0n) is 8.15. The molecule has 0 N–H and O–H groups in total. The largest absolute Gasteiger partial charge is 0.314 e. The normalized spacial score (nSPS) is 19.7. The highest BCUT2D eigenvalue weighted by atomic mass is 16.2. The summed E-state index contributed by atoms with van der Waals surface area (Å²) in [6.07, 6.45) is 0.712. The molecule has 3 nitrogen and oxygen atoms in total. The van der Waals surface area contributed by atoms with Crippen LogP contribution in [0.2, 0.25) is 0 Å². The van der Waals surface area contributed by atoms with Crippen LogP contribution in [-0.2, 0) is 9.59 Å². The molecule has 1 aromatic carbocycles. The molecule has 0 spiro atoms. The van der Waals surface area contributed by atoms with Gasteiger partial charge in [-0.25, -0.2) is 0 Å². The number of aldehydes is 1. The minimum atomic E-state index is -0.602. The second-order valence-electron chi connectivity index (χ2n) is 3.57. The maximum Gasteiger partial charge on any atom is 0.241 e. The standard InChI is InChI=1S/C11H11NO2/c1-7-3-4-10-8(5-7)9(6-13)11(14)12(10)2/h3-6,9H,1-2H3. The molecule has 1 heterocycles. The highest BCUT2D eigenvalue weighted by Crippen LogP contribution is 2.35. The van der Waals surface area contributed by atoms with E-state index in [-0.39, 0.29) is 5.91 Å². The Hall–Kier alpha value is -1.64. The fraction of sp³-hybridized carbons (Fsp3) is 0.273. The number of carbonyl (C=O) groups is 2. The van der Waals surface area contributed by atoms with E-state index in [1.165, 1.54) is 4.90 Å². The Balaban J connectivity index is 2.61. The molecule has 0 aliphatic carbocycles. The van der Waals surface area contributed by atoms with Crippen LogP contribution in [0, 0.1) is 6.92 Å². The van der Waals surface area contributed by atoms with Crippen molar-refractivity contribution in [1.82, 2.24) is 0 Å². The molecule has 0 aromatic heterocycles. The number of anilines is 1. The Morgan fingerprint density at radius 3 is 2.79 bits per heavy atom. The lowest BCUT2D eigenvalue weighted by Gasteiger charge is -2.09. The van der Waals surface area contributed by atoms with Crippen LogP contribution in [0.25, 0.3) is 0 Å². The van der Waals surface area contributed by atoms with Gasteiger partial charge in [-0.3, -0.25) is 4.79 Å². The molecule has 0 bridgehead atoms. The Morgan fingerprint density at radius 1 is 1.43 bits per heavy atom. The average Bonchev–Trinajstić information content (AvgIpc) is 2.39. The number of amides is 1. The number of likely N-dealkylation sites (N-methyl/N-ethyl adjacent to an activating group) is 1. The molecule has 1 aromatic rings. The Morgan fingerprint density at radius 2 is 2.14 bits per heavy atom. The first-order valence-electron chi connectivity index (χ1n) is 4.48. The molecule has 3 heteroatoms. The van der Waals surface area contributed by atoms with Crippen LogP contribution in [0.15, 0.2) is 18.2 Å². The number of nitrogens with zero attached hydrogens (tertiary/aromatic N) is 1. The highest BCUT2D eigenvalue weighted by Gasteiger charge is 2.34. The van der Waals surface area contributed by atoms with Crippen molar-refractivity contribution in [2.45, 2.75) is 12.8 Å². The maximum atomic E-state index is 11.6. The predicted octanol–water partition coefficient (Wildman–Crippen LogP) is 1.25. The molecule has 0 saturated carbocycles. The van der Waals surface area contributed by atoms with E-state index in [0.717, 1.165) is 16.8 Å². The Labute approximate surface area is 82.3 Å². The van der Waals surface area contributed by atoms with Crippen LogP contribution >= 0.6 is 0 Å². The van der Waals surface area contributed by atoms with E-state index in [1.807, 2.05) is 25.1 Å². The summed E-state index contributed by atoms with van der Waals surface area (Å²) < 4.78 is 0. The van der Waals surface area contributed by atoms with Crippen molar-refractivity contribution in [3.8, 4) is 0 Å².